The van der Waals surface area contributed by atoms with Crippen LogP contribution in [0.25, 0.3) is 22.9 Å². The molecule has 0 fully saturated rings. The van der Waals surface area contributed by atoms with Crippen molar-refractivity contribution in [1.29, 1.82) is 0 Å². The lowest BCUT2D eigenvalue weighted by Gasteiger charge is -2.05. The third-order valence-electron chi connectivity index (χ3n) is 3.67. The minimum Gasteiger partial charge on any atom is -0.463 e. The summed E-state index contributed by atoms with van der Waals surface area (Å²) in [6, 6.07) is 13.8. The van der Waals surface area contributed by atoms with E-state index >= 15 is 0 Å². The van der Waals surface area contributed by atoms with Gasteiger partial charge >= 0.3 is 0 Å². The molecule has 0 bridgehead atoms. The maximum absolute atomic E-state index is 12.3. The number of furan rings is 2. The standard InChI is InChI=1S/C19H12ClN3O3S/c20-13-7-5-12(6-8-13)14(24)11-27-19-21-17(15-3-1-9-25-15)18(22-23-19)16-4-2-10-26-16/h1-10H,11H2. The first-order valence-electron chi connectivity index (χ1n) is 7.95. The zero-order valence-electron chi connectivity index (χ0n) is 13.8. The molecule has 0 radical (unpaired) electrons. The third kappa shape index (κ3) is 3.94. The van der Waals surface area contributed by atoms with E-state index in [0.29, 0.717) is 38.7 Å². The molecule has 0 aliphatic heterocycles. The summed E-state index contributed by atoms with van der Waals surface area (Å²) in [6.07, 6.45) is 3.11. The van der Waals surface area contributed by atoms with Gasteiger partial charge in [-0.3, -0.25) is 4.79 Å². The van der Waals surface area contributed by atoms with E-state index in [-0.39, 0.29) is 11.5 Å². The Labute approximate surface area is 163 Å². The van der Waals surface area contributed by atoms with E-state index < -0.39 is 0 Å². The van der Waals surface area contributed by atoms with Crippen molar-refractivity contribution in [3.63, 3.8) is 0 Å². The maximum atomic E-state index is 12.3. The van der Waals surface area contributed by atoms with Gasteiger partial charge in [0.1, 0.15) is 5.69 Å². The van der Waals surface area contributed by atoms with Crippen LogP contribution in [0.3, 0.4) is 0 Å². The van der Waals surface area contributed by atoms with E-state index in [1.54, 1.807) is 61.1 Å². The van der Waals surface area contributed by atoms with Crippen LogP contribution in [0.15, 0.2) is 75.0 Å². The largest absolute Gasteiger partial charge is 0.463 e. The minimum atomic E-state index is -0.0464. The number of aromatic nitrogens is 3. The highest BCUT2D eigenvalue weighted by molar-refractivity contribution is 7.99. The minimum absolute atomic E-state index is 0.0464. The lowest BCUT2D eigenvalue weighted by molar-refractivity contribution is 0.102. The molecule has 0 spiro atoms. The van der Waals surface area contributed by atoms with Crippen molar-refractivity contribution < 1.29 is 13.6 Å². The van der Waals surface area contributed by atoms with Gasteiger partial charge in [0.05, 0.1) is 18.3 Å². The number of Topliss-reactive ketones (excluding diaryl/α,β-unsaturated/α-hetero) is 1. The highest BCUT2D eigenvalue weighted by atomic mass is 35.5. The molecule has 4 aromatic rings. The Morgan fingerprint density at radius 2 is 1.59 bits per heavy atom. The number of carbonyl (C=O) groups is 1. The second-order valence-corrected chi connectivity index (χ2v) is 6.84. The number of hydrogen-bond acceptors (Lipinski definition) is 7. The average Bonchev–Trinajstić information content (AvgIpc) is 3.40. The third-order valence-corrected chi connectivity index (χ3v) is 4.76. The summed E-state index contributed by atoms with van der Waals surface area (Å²) in [6.45, 7) is 0. The van der Waals surface area contributed by atoms with Crippen LogP contribution in [0.4, 0.5) is 0 Å². The summed E-state index contributed by atoms with van der Waals surface area (Å²) >= 11 is 7.06. The number of rotatable bonds is 6. The van der Waals surface area contributed by atoms with Crippen LogP contribution in [-0.2, 0) is 0 Å². The van der Waals surface area contributed by atoms with Gasteiger partial charge < -0.3 is 8.83 Å². The topological polar surface area (TPSA) is 82.0 Å². The van der Waals surface area contributed by atoms with Crippen LogP contribution in [0, 0.1) is 0 Å². The van der Waals surface area contributed by atoms with Gasteiger partial charge in [0.2, 0.25) is 5.16 Å². The van der Waals surface area contributed by atoms with Gasteiger partial charge in [0.25, 0.3) is 0 Å². The Morgan fingerprint density at radius 1 is 0.926 bits per heavy atom. The first-order valence-corrected chi connectivity index (χ1v) is 9.31. The van der Waals surface area contributed by atoms with Crippen LogP contribution in [0.1, 0.15) is 10.4 Å². The highest BCUT2D eigenvalue weighted by Gasteiger charge is 2.18. The van der Waals surface area contributed by atoms with Crippen molar-refractivity contribution in [2.24, 2.45) is 0 Å². The molecule has 0 aliphatic rings. The molecule has 0 unspecified atom stereocenters. The van der Waals surface area contributed by atoms with Crippen LogP contribution in [0.5, 0.6) is 0 Å². The van der Waals surface area contributed by atoms with E-state index in [1.807, 2.05) is 0 Å². The summed E-state index contributed by atoms with van der Waals surface area (Å²) in [4.78, 5) is 16.8. The molecule has 0 atom stereocenters. The lowest BCUT2D eigenvalue weighted by atomic mass is 10.1. The molecule has 0 saturated carbocycles. The number of carbonyl (C=O) groups excluding carboxylic acids is 1. The Kier molecular flexibility index (Phi) is 5.04. The number of benzene rings is 1. The fraction of sp³-hybridized carbons (Fsp3) is 0.0526. The first-order chi connectivity index (χ1) is 13.2. The van der Waals surface area contributed by atoms with E-state index in [9.17, 15) is 4.79 Å². The van der Waals surface area contributed by atoms with E-state index in [0.717, 1.165) is 0 Å². The molecule has 0 saturated heterocycles. The zero-order chi connectivity index (χ0) is 18.6. The summed E-state index contributed by atoms with van der Waals surface area (Å²) in [7, 11) is 0. The number of halogens is 1. The van der Waals surface area contributed by atoms with Crippen molar-refractivity contribution in [2.45, 2.75) is 5.16 Å². The van der Waals surface area contributed by atoms with Gasteiger partial charge in [-0.15, -0.1) is 10.2 Å². The van der Waals surface area contributed by atoms with Crippen molar-refractivity contribution in [1.82, 2.24) is 15.2 Å². The Balaban J connectivity index is 1.58. The summed E-state index contributed by atoms with van der Waals surface area (Å²) in [5.74, 6) is 1.22. The van der Waals surface area contributed by atoms with Crippen LogP contribution >= 0.6 is 23.4 Å². The molecule has 4 rings (SSSR count). The highest BCUT2D eigenvalue weighted by Crippen LogP contribution is 2.30. The Bertz CT molecular complexity index is 1050. The molecule has 8 heteroatoms. The maximum Gasteiger partial charge on any atom is 0.210 e. The molecule has 6 nitrogen and oxygen atoms in total. The normalized spacial score (nSPS) is 10.9. The van der Waals surface area contributed by atoms with Gasteiger partial charge in [0.15, 0.2) is 23.0 Å². The fourth-order valence-electron chi connectivity index (χ4n) is 2.39. The lowest BCUT2D eigenvalue weighted by Crippen LogP contribution is -2.04. The number of thioether (sulfide) groups is 1. The molecule has 1 aromatic carbocycles. The second kappa shape index (κ2) is 7.77. The van der Waals surface area contributed by atoms with Gasteiger partial charge in [-0.25, -0.2) is 4.98 Å². The Morgan fingerprint density at radius 3 is 2.22 bits per heavy atom. The molecular formula is C19H12ClN3O3S. The molecule has 3 heterocycles. The van der Waals surface area contributed by atoms with E-state index in [4.69, 9.17) is 20.4 Å². The van der Waals surface area contributed by atoms with Crippen molar-refractivity contribution in [3.05, 3.63) is 71.6 Å². The van der Waals surface area contributed by atoms with Crippen molar-refractivity contribution >= 4 is 29.1 Å². The number of ketones is 1. The quantitative estimate of drug-likeness (QED) is 0.333. The summed E-state index contributed by atoms with van der Waals surface area (Å²) < 4.78 is 10.9. The molecular weight excluding hydrogens is 386 g/mol. The zero-order valence-corrected chi connectivity index (χ0v) is 15.4. The average molecular weight is 398 g/mol. The Hall–Kier alpha value is -2.90. The number of nitrogens with zero attached hydrogens (tertiary/aromatic N) is 3. The number of hydrogen-bond donors (Lipinski definition) is 0. The SMILES string of the molecule is O=C(CSc1nnc(-c2ccco2)c(-c2ccco2)n1)c1ccc(Cl)cc1. The van der Waals surface area contributed by atoms with E-state index in [1.165, 1.54) is 11.8 Å². The molecule has 0 amide bonds. The van der Waals surface area contributed by atoms with Gasteiger partial charge in [-0.05, 0) is 48.5 Å². The summed E-state index contributed by atoms with van der Waals surface area (Å²) in [5.41, 5.74) is 1.56. The van der Waals surface area contributed by atoms with Gasteiger partial charge in [0, 0.05) is 10.6 Å². The van der Waals surface area contributed by atoms with Crippen molar-refractivity contribution in [2.75, 3.05) is 5.75 Å². The van der Waals surface area contributed by atoms with Crippen LogP contribution < -0.4 is 0 Å². The smallest absolute Gasteiger partial charge is 0.210 e. The fourth-order valence-corrected chi connectivity index (χ4v) is 3.19. The molecule has 134 valence electrons. The van der Waals surface area contributed by atoms with Crippen LogP contribution in [0.2, 0.25) is 5.02 Å². The predicted molar refractivity (Wildman–Crippen MR) is 102 cm³/mol. The molecule has 3 aromatic heterocycles. The van der Waals surface area contributed by atoms with Gasteiger partial charge in [-0.1, -0.05) is 23.4 Å². The summed E-state index contributed by atoms with van der Waals surface area (Å²) in [5, 5.41) is 9.30. The first kappa shape index (κ1) is 17.5. The van der Waals surface area contributed by atoms with Crippen LogP contribution in [-0.4, -0.2) is 26.7 Å². The van der Waals surface area contributed by atoms with Crippen molar-refractivity contribution in [3.8, 4) is 22.9 Å². The van der Waals surface area contributed by atoms with Gasteiger partial charge in [-0.2, -0.15) is 0 Å². The molecule has 27 heavy (non-hydrogen) atoms. The molecule has 0 N–H and O–H groups in total. The second-order valence-electron chi connectivity index (χ2n) is 5.46. The van der Waals surface area contributed by atoms with E-state index in [2.05, 4.69) is 15.2 Å². The molecule has 0 aliphatic carbocycles. The monoisotopic (exact) mass is 397 g/mol. The predicted octanol–water partition coefficient (Wildman–Crippen LogP) is 5.02.